The Morgan fingerprint density at radius 1 is 1.37 bits per heavy atom. The van der Waals surface area contributed by atoms with E-state index >= 15 is 0 Å². The van der Waals surface area contributed by atoms with Crippen molar-refractivity contribution in [3.05, 3.63) is 0 Å². The van der Waals surface area contributed by atoms with E-state index in [2.05, 4.69) is 24.1 Å². The molecule has 1 amide bonds. The minimum Gasteiger partial charge on any atom is -0.396 e. The molecule has 0 aromatic rings. The van der Waals surface area contributed by atoms with E-state index in [4.69, 9.17) is 5.73 Å². The summed E-state index contributed by atoms with van der Waals surface area (Å²) in [6.07, 6.45) is 4.07. The van der Waals surface area contributed by atoms with Gasteiger partial charge in [0, 0.05) is 37.7 Å². The molecule has 1 aliphatic heterocycles. The average molecular weight is 271 g/mol. The van der Waals surface area contributed by atoms with Gasteiger partial charge in [-0.25, -0.2) is 0 Å². The van der Waals surface area contributed by atoms with Crippen LogP contribution in [0.15, 0.2) is 0 Å². The molecule has 1 rings (SSSR count). The normalized spacial score (nSPS) is 18.7. The highest BCUT2D eigenvalue weighted by Gasteiger charge is 2.27. The second-order valence-corrected chi connectivity index (χ2v) is 5.76. The van der Waals surface area contributed by atoms with Crippen LogP contribution in [0, 0.1) is 5.41 Å². The summed E-state index contributed by atoms with van der Waals surface area (Å²) in [7, 11) is 0. The molecule has 0 spiro atoms. The van der Waals surface area contributed by atoms with Crippen molar-refractivity contribution in [1.29, 1.82) is 0 Å². The summed E-state index contributed by atoms with van der Waals surface area (Å²) in [6, 6.07) is 0.494. The molecule has 19 heavy (non-hydrogen) atoms. The van der Waals surface area contributed by atoms with Crippen LogP contribution in [0.2, 0.25) is 0 Å². The van der Waals surface area contributed by atoms with Gasteiger partial charge in [0.15, 0.2) is 0 Å². The Morgan fingerprint density at radius 2 is 1.95 bits per heavy atom. The summed E-state index contributed by atoms with van der Waals surface area (Å²) in [5.41, 5.74) is 5.22. The number of amides is 1. The number of hydrogen-bond acceptors (Lipinski definition) is 4. The van der Waals surface area contributed by atoms with Crippen LogP contribution in [-0.4, -0.2) is 54.7 Å². The van der Waals surface area contributed by atoms with Gasteiger partial charge in [0.25, 0.3) is 0 Å². The Kier molecular flexibility index (Phi) is 6.75. The van der Waals surface area contributed by atoms with Gasteiger partial charge in [-0.1, -0.05) is 13.8 Å². The summed E-state index contributed by atoms with van der Waals surface area (Å²) in [5.74, 6) is -0.248. The Labute approximate surface area is 116 Å². The molecule has 0 aromatic carbocycles. The monoisotopic (exact) mass is 271 g/mol. The van der Waals surface area contributed by atoms with Gasteiger partial charge >= 0.3 is 0 Å². The Morgan fingerprint density at radius 3 is 2.37 bits per heavy atom. The zero-order chi connectivity index (χ0) is 14.3. The fourth-order valence-electron chi connectivity index (χ4n) is 2.66. The number of likely N-dealkylation sites (tertiary alicyclic amines) is 1. The SMILES string of the molecule is CCC(CC)(CO)CNC1CCN(CC(N)=O)CC1. The lowest BCUT2D eigenvalue weighted by Crippen LogP contribution is -2.48. The molecule has 5 heteroatoms. The van der Waals surface area contributed by atoms with Gasteiger partial charge in [-0.2, -0.15) is 0 Å². The molecule has 1 heterocycles. The number of aliphatic hydroxyl groups excluding tert-OH is 1. The lowest BCUT2D eigenvalue weighted by atomic mass is 9.83. The van der Waals surface area contributed by atoms with Crippen molar-refractivity contribution < 1.29 is 9.90 Å². The lowest BCUT2D eigenvalue weighted by Gasteiger charge is -2.35. The summed E-state index contributed by atoms with van der Waals surface area (Å²) >= 11 is 0. The van der Waals surface area contributed by atoms with Gasteiger partial charge in [-0.05, 0) is 25.7 Å². The number of hydrogen-bond donors (Lipinski definition) is 3. The molecule has 0 bridgehead atoms. The summed E-state index contributed by atoms with van der Waals surface area (Å²) in [4.78, 5) is 13.0. The van der Waals surface area contributed by atoms with Gasteiger partial charge in [-0.15, -0.1) is 0 Å². The van der Waals surface area contributed by atoms with Crippen molar-refractivity contribution in [3.8, 4) is 0 Å². The van der Waals surface area contributed by atoms with Gasteiger partial charge in [0.2, 0.25) is 5.91 Å². The zero-order valence-corrected chi connectivity index (χ0v) is 12.3. The van der Waals surface area contributed by atoms with E-state index < -0.39 is 0 Å². The quantitative estimate of drug-likeness (QED) is 0.594. The third-order valence-corrected chi connectivity index (χ3v) is 4.57. The number of aliphatic hydroxyl groups is 1. The number of carbonyl (C=O) groups is 1. The summed E-state index contributed by atoms with van der Waals surface area (Å²) < 4.78 is 0. The second kappa shape index (κ2) is 7.82. The van der Waals surface area contributed by atoms with Crippen molar-refractivity contribution in [2.75, 3.05) is 32.8 Å². The molecule has 0 aliphatic carbocycles. The van der Waals surface area contributed by atoms with Crippen LogP contribution in [0.5, 0.6) is 0 Å². The molecular weight excluding hydrogens is 242 g/mol. The summed E-state index contributed by atoms with van der Waals surface area (Å²) in [5, 5.41) is 13.1. The van der Waals surface area contributed by atoms with Gasteiger partial charge in [0.05, 0.1) is 6.54 Å². The van der Waals surface area contributed by atoms with Crippen molar-refractivity contribution in [1.82, 2.24) is 10.2 Å². The third kappa shape index (κ3) is 5.09. The van der Waals surface area contributed by atoms with E-state index in [-0.39, 0.29) is 17.9 Å². The molecule has 0 radical (unpaired) electrons. The molecule has 112 valence electrons. The van der Waals surface area contributed by atoms with Crippen molar-refractivity contribution in [2.24, 2.45) is 11.1 Å². The molecule has 0 atom stereocenters. The first-order valence-corrected chi connectivity index (χ1v) is 7.40. The molecule has 0 aromatic heterocycles. The largest absolute Gasteiger partial charge is 0.396 e. The second-order valence-electron chi connectivity index (χ2n) is 5.76. The Balaban J connectivity index is 2.31. The minimum absolute atomic E-state index is 0.0182. The van der Waals surface area contributed by atoms with Crippen molar-refractivity contribution in [2.45, 2.75) is 45.6 Å². The molecule has 5 nitrogen and oxygen atoms in total. The first kappa shape index (κ1) is 16.4. The fraction of sp³-hybridized carbons (Fsp3) is 0.929. The molecule has 0 unspecified atom stereocenters. The molecule has 1 saturated heterocycles. The van der Waals surface area contributed by atoms with Gasteiger partial charge in [-0.3, -0.25) is 9.69 Å². The van der Waals surface area contributed by atoms with Crippen LogP contribution in [0.25, 0.3) is 0 Å². The number of piperidine rings is 1. The average Bonchev–Trinajstić information content (AvgIpc) is 2.42. The maximum absolute atomic E-state index is 10.9. The molecule has 1 fully saturated rings. The van der Waals surface area contributed by atoms with E-state index in [0.717, 1.165) is 45.3 Å². The smallest absolute Gasteiger partial charge is 0.231 e. The number of nitrogens with one attached hydrogen (secondary N) is 1. The van der Waals surface area contributed by atoms with Crippen LogP contribution in [0.1, 0.15) is 39.5 Å². The summed E-state index contributed by atoms with van der Waals surface area (Å²) in [6.45, 7) is 7.60. The predicted molar refractivity (Wildman–Crippen MR) is 76.8 cm³/mol. The van der Waals surface area contributed by atoms with Gasteiger partial charge < -0.3 is 16.2 Å². The highest BCUT2D eigenvalue weighted by atomic mass is 16.3. The number of nitrogens with two attached hydrogens (primary N) is 1. The van der Waals surface area contributed by atoms with E-state index in [0.29, 0.717) is 12.6 Å². The number of rotatable bonds is 8. The molecular formula is C14H29N3O2. The number of nitrogens with zero attached hydrogens (tertiary/aromatic N) is 1. The highest BCUT2D eigenvalue weighted by Crippen LogP contribution is 2.25. The first-order valence-electron chi connectivity index (χ1n) is 7.40. The molecule has 4 N–H and O–H groups in total. The number of primary amides is 1. The lowest BCUT2D eigenvalue weighted by molar-refractivity contribution is -0.119. The van der Waals surface area contributed by atoms with Gasteiger partial charge in [0.1, 0.15) is 0 Å². The zero-order valence-electron chi connectivity index (χ0n) is 12.3. The minimum atomic E-state index is -0.248. The van der Waals surface area contributed by atoms with Crippen LogP contribution in [0.3, 0.4) is 0 Å². The Hall–Kier alpha value is -0.650. The van der Waals surface area contributed by atoms with Crippen molar-refractivity contribution >= 4 is 5.91 Å². The van der Waals surface area contributed by atoms with Crippen LogP contribution < -0.4 is 11.1 Å². The molecule has 0 saturated carbocycles. The third-order valence-electron chi connectivity index (χ3n) is 4.57. The highest BCUT2D eigenvalue weighted by molar-refractivity contribution is 5.75. The van der Waals surface area contributed by atoms with Crippen molar-refractivity contribution in [3.63, 3.8) is 0 Å². The van der Waals surface area contributed by atoms with E-state index in [1.54, 1.807) is 0 Å². The first-order chi connectivity index (χ1) is 9.05. The van der Waals surface area contributed by atoms with E-state index in [1.165, 1.54) is 0 Å². The van der Waals surface area contributed by atoms with Crippen LogP contribution in [-0.2, 0) is 4.79 Å². The Bertz CT molecular complexity index is 264. The molecule has 1 aliphatic rings. The fourth-order valence-corrected chi connectivity index (χ4v) is 2.66. The van der Waals surface area contributed by atoms with E-state index in [1.807, 2.05) is 0 Å². The number of carbonyl (C=O) groups excluding carboxylic acids is 1. The maximum Gasteiger partial charge on any atom is 0.231 e. The van der Waals surface area contributed by atoms with E-state index in [9.17, 15) is 9.90 Å². The maximum atomic E-state index is 10.9. The standard InChI is InChI=1S/C14H29N3O2/c1-3-14(4-2,11-18)10-16-12-5-7-17(8-6-12)9-13(15)19/h12,16,18H,3-11H2,1-2H3,(H2,15,19). The van der Waals surface area contributed by atoms with Crippen LogP contribution in [0.4, 0.5) is 0 Å². The predicted octanol–water partition coefficient (Wildman–Crippen LogP) is 0.324. The van der Waals surface area contributed by atoms with Crippen LogP contribution >= 0.6 is 0 Å². The topological polar surface area (TPSA) is 78.6 Å².